The first kappa shape index (κ1) is 22.7. The number of nitrogens with zero attached hydrogens (tertiary/aromatic N) is 5. The van der Waals surface area contributed by atoms with Gasteiger partial charge >= 0.3 is 0 Å². The van der Waals surface area contributed by atoms with Crippen molar-refractivity contribution in [3.8, 4) is 0 Å². The number of hydrogen-bond donors (Lipinski definition) is 2. The van der Waals surface area contributed by atoms with E-state index in [0.717, 1.165) is 69.8 Å². The van der Waals surface area contributed by atoms with Gasteiger partial charge in [-0.3, -0.25) is 4.90 Å². The quantitative estimate of drug-likeness (QED) is 0.357. The lowest BCUT2D eigenvalue weighted by Gasteiger charge is -2.26. The number of aliphatic imine (C=N–C) groups is 1. The zero-order valence-corrected chi connectivity index (χ0v) is 19.5. The summed E-state index contributed by atoms with van der Waals surface area (Å²) in [5.41, 5.74) is 0. The molecule has 2 N–H and O–H groups in total. The lowest BCUT2D eigenvalue weighted by molar-refractivity contribution is 0.0376. The Kier molecular flexibility index (Phi) is 8.65. The van der Waals surface area contributed by atoms with Crippen molar-refractivity contribution in [2.45, 2.75) is 46.2 Å². The van der Waals surface area contributed by atoms with Crippen molar-refractivity contribution in [2.24, 2.45) is 12.0 Å². The van der Waals surface area contributed by atoms with E-state index in [4.69, 9.17) is 9.73 Å². The van der Waals surface area contributed by atoms with Crippen LogP contribution in [0.1, 0.15) is 34.7 Å². The number of guanidine groups is 1. The maximum Gasteiger partial charge on any atom is 0.191 e. The largest absolute Gasteiger partial charge is 0.379 e. The summed E-state index contributed by atoms with van der Waals surface area (Å²) >= 11 is 1.86. The summed E-state index contributed by atoms with van der Waals surface area (Å²) in [5.74, 6) is 2.59. The van der Waals surface area contributed by atoms with Gasteiger partial charge in [-0.15, -0.1) is 21.5 Å². The van der Waals surface area contributed by atoms with Gasteiger partial charge < -0.3 is 19.9 Å². The van der Waals surface area contributed by atoms with E-state index in [-0.39, 0.29) is 6.04 Å². The monoisotopic (exact) mass is 433 g/mol. The van der Waals surface area contributed by atoms with Gasteiger partial charge in [-0.05, 0) is 45.9 Å². The van der Waals surface area contributed by atoms with Crippen LogP contribution in [0.2, 0.25) is 0 Å². The molecule has 0 radical (unpaired) electrons. The van der Waals surface area contributed by atoms with Gasteiger partial charge in [-0.1, -0.05) is 0 Å². The Labute approximate surface area is 183 Å². The number of ether oxygens (including phenoxy) is 1. The molecule has 0 saturated carbocycles. The highest BCUT2D eigenvalue weighted by Crippen LogP contribution is 2.16. The molecule has 0 bridgehead atoms. The Morgan fingerprint density at radius 3 is 2.73 bits per heavy atom. The summed E-state index contributed by atoms with van der Waals surface area (Å²) in [4.78, 5) is 9.98. The summed E-state index contributed by atoms with van der Waals surface area (Å²) in [5, 5.41) is 15.4. The van der Waals surface area contributed by atoms with E-state index in [1.165, 1.54) is 9.75 Å². The van der Waals surface area contributed by atoms with Crippen LogP contribution in [0.3, 0.4) is 0 Å². The first-order chi connectivity index (χ1) is 14.5. The molecule has 1 atom stereocenters. The molecule has 3 heterocycles. The van der Waals surface area contributed by atoms with Gasteiger partial charge in [0.25, 0.3) is 0 Å². The number of nitrogens with one attached hydrogen (secondary N) is 2. The Bertz CT molecular complexity index is 810. The average molecular weight is 434 g/mol. The molecule has 0 aromatic carbocycles. The number of rotatable bonds is 9. The van der Waals surface area contributed by atoms with Crippen LogP contribution in [0.5, 0.6) is 0 Å². The van der Waals surface area contributed by atoms with E-state index in [2.05, 4.69) is 51.7 Å². The van der Waals surface area contributed by atoms with Crippen molar-refractivity contribution in [1.29, 1.82) is 0 Å². The average Bonchev–Trinajstić information content (AvgIpc) is 3.29. The van der Waals surface area contributed by atoms with Crippen molar-refractivity contribution in [2.75, 3.05) is 39.4 Å². The molecular formula is C21H35N7OS. The first-order valence-electron chi connectivity index (χ1n) is 10.8. The van der Waals surface area contributed by atoms with E-state index >= 15 is 0 Å². The number of thiophene rings is 1. The molecule has 1 saturated heterocycles. The van der Waals surface area contributed by atoms with Crippen LogP contribution < -0.4 is 10.6 Å². The molecule has 0 spiro atoms. The molecule has 0 amide bonds. The second kappa shape index (κ2) is 11.4. The molecule has 1 aliphatic rings. The van der Waals surface area contributed by atoms with Gasteiger partial charge in [0.2, 0.25) is 0 Å². The van der Waals surface area contributed by atoms with Crippen LogP contribution >= 0.6 is 11.3 Å². The fourth-order valence-electron chi connectivity index (χ4n) is 3.41. The van der Waals surface area contributed by atoms with Crippen LogP contribution in [-0.2, 0) is 24.8 Å². The third-order valence-electron chi connectivity index (χ3n) is 5.30. The molecule has 3 rings (SSSR count). The molecule has 9 heteroatoms. The van der Waals surface area contributed by atoms with Crippen molar-refractivity contribution in [1.82, 2.24) is 30.3 Å². The minimum atomic E-state index is 0.287. The lowest BCUT2D eigenvalue weighted by atomic mass is 10.2. The predicted molar refractivity (Wildman–Crippen MR) is 122 cm³/mol. The van der Waals surface area contributed by atoms with E-state index in [1.807, 2.05) is 29.9 Å². The predicted octanol–water partition coefficient (Wildman–Crippen LogP) is 1.88. The molecule has 0 aliphatic carbocycles. The van der Waals surface area contributed by atoms with E-state index in [0.29, 0.717) is 6.54 Å². The SMILES string of the molecule is Cc1ccc(CC(C)NC(=NCc2nnc(C)n2C)NCCCN2CCOCC2)s1. The maximum absolute atomic E-state index is 5.43. The van der Waals surface area contributed by atoms with Crippen molar-refractivity contribution < 1.29 is 4.74 Å². The molecule has 1 fully saturated rings. The second-order valence-corrected chi connectivity index (χ2v) is 9.26. The van der Waals surface area contributed by atoms with Crippen molar-refractivity contribution >= 4 is 17.3 Å². The van der Waals surface area contributed by atoms with Gasteiger partial charge in [0.15, 0.2) is 11.8 Å². The zero-order chi connectivity index (χ0) is 21.3. The highest BCUT2D eigenvalue weighted by molar-refractivity contribution is 7.11. The number of hydrogen-bond acceptors (Lipinski definition) is 6. The molecule has 8 nitrogen and oxygen atoms in total. The second-order valence-electron chi connectivity index (χ2n) is 7.88. The van der Waals surface area contributed by atoms with Gasteiger partial charge in [0.1, 0.15) is 12.4 Å². The van der Waals surface area contributed by atoms with E-state index in [9.17, 15) is 0 Å². The van der Waals surface area contributed by atoms with Gasteiger partial charge in [0.05, 0.1) is 13.2 Å². The summed E-state index contributed by atoms with van der Waals surface area (Å²) in [6.07, 6.45) is 2.05. The fraction of sp³-hybridized carbons (Fsp3) is 0.667. The Morgan fingerprint density at radius 1 is 1.27 bits per heavy atom. The molecule has 30 heavy (non-hydrogen) atoms. The molecule has 2 aromatic rings. The van der Waals surface area contributed by atoms with Crippen molar-refractivity contribution in [3.05, 3.63) is 33.5 Å². The van der Waals surface area contributed by atoms with Crippen LogP contribution in [0.25, 0.3) is 0 Å². The smallest absolute Gasteiger partial charge is 0.191 e. The summed E-state index contributed by atoms with van der Waals surface area (Å²) < 4.78 is 7.41. The number of morpholine rings is 1. The standard InChI is InChI=1S/C21H35N7OS/c1-16(14-19-7-6-17(2)30-19)24-21(23-15-20-26-25-18(3)27(20)4)22-8-5-9-28-10-12-29-13-11-28/h6-7,16H,5,8-15H2,1-4H3,(H2,22,23,24). The minimum Gasteiger partial charge on any atom is -0.379 e. The van der Waals surface area contributed by atoms with Crippen LogP contribution in [0, 0.1) is 13.8 Å². The molecular weight excluding hydrogens is 398 g/mol. The summed E-state index contributed by atoms with van der Waals surface area (Å²) in [7, 11) is 1.98. The highest BCUT2D eigenvalue weighted by Gasteiger charge is 2.12. The number of aromatic nitrogens is 3. The topological polar surface area (TPSA) is 79.6 Å². The Balaban J connectivity index is 1.54. The molecule has 1 aliphatic heterocycles. The lowest BCUT2D eigenvalue weighted by Crippen LogP contribution is -2.44. The normalized spacial score (nSPS) is 16.6. The fourth-order valence-corrected chi connectivity index (χ4v) is 4.43. The zero-order valence-electron chi connectivity index (χ0n) is 18.6. The third-order valence-corrected chi connectivity index (χ3v) is 6.32. The number of aryl methyl sites for hydroxylation is 2. The van der Waals surface area contributed by atoms with Crippen LogP contribution in [0.15, 0.2) is 17.1 Å². The highest BCUT2D eigenvalue weighted by atomic mass is 32.1. The van der Waals surface area contributed by atoms with E-state index in [1.54, 1.807) is 0 Å². The molecule has 2 aromatic heterocycles. The summed E-state index contributed by atoms with van der Waals surface area (Å²) in [6.45, 7) is 12.5. The van der Waals surface area contributed by atoms with Gasteiger partial charge in [0, 0.05) is 48.9 Å². The van der Waals surface area contributed by atoms with Crippen molar-refractivity contribution in [3.63, 3.8) is 0 Å². The van der Waals surface area contributed by atoms with Gasteiger partial charge in [-0.2, -0.15) is 0 Å². The molecule has 1 unspecified atom stereocenters. The summed E-state index contributed by atoms with van der Waals surface area (Å²) in [6, 6.07) is 4.68. The van der Waals surface area contributed by atoms with Crippen LogP contribution in [-0.4, -0.2) is 71.1 Å². The van der Waals surface area contributed by atoms with Crippen LogP contribution in [0.4, 0.5) is 0 Å². The first-order valence-corrected chi connectivity index (χ1v) is 11.6. The molecule has 166 valence electrons. The third kappa shape index (κ3) is 7.07. The minimum absolute atomic E-state index is 0.287. The Morgan fingerprint density at radius 2 is 2.07 bits per heavy atom. The van der Waals surface area contributed by atoms with Gasteiger partial charge in [-0.25, -0.2) is 4.99 Å². The maximum atomic E-state index is 5.43. The Hall–Kier alpha value is -1.97. The van der Waals surface area contributed by atoms with E-state index < -0.39 is 0 Å².